The van der Waals surface area contributed by atoms with E-state index in [1.165, 1.54) is 88.4 Å². The van der Waals surface area contributed by atoms with E-state index >= 15 is 0 Å². The van der Waals surface area contributed by atoms with Gasteiger partial charge in [0.1, 0.15) is 5.75 Å². The first-order chi connectivity index (χ1) is 10.4. The second kappa shape index (κ2) is 17.4. The summed E-state index contributed by atoms with van der Waals surface area (Å²) in [5.74, 6) is 1.41. The van der Waals surface area contributed by atoms with Crippen molar-refractivity contribution in [1.82, 2.24) is 0 Å². The molecular weight excluding hydrogens is 352 g/mol. The molecule has 22 heavy (non-hydrogen) atoms. The maximum absolute atomic E-state index is 2.26. The normalized spacial score (nSPS) is 10.4. The quantitative estimate of drug-likeness (QED) is 0.262. The lowest BCUT2D eigenvalue weighted by molar-refractivity contribution is -0.00000449. The Morgan fingerprint density at radius 3 is 1.59 bits per heavy atom. The van der Waals surface area contributed by atoms with Crippen molar-refractivity contribution in [2.24, 2.45) is 0 Å². The number of rotatable bonds is 14. The molecule has 0 bridgehead atoms. The van der Waals surface area contributed by atoms with E-state index in [0.29, 0.717) is 0 Å². The summed E-state index contributed by atoms with van der Waals surface area (Å²) in [6.07, 6.45) is 19.4. The van der Waals surface area contributed by atoms with Gasteiger partial charge >= 0.3 is 0 Å². The van der Waals surface area contributed by atoms with Crippen LogP contribution in [0.5, 0.6) is 0 Å². The first-order valence-corrected chi connectivity index (χ1v) is 10.6. The average molecular weight is 387 g/mol. The number of benzene rings is 1. The highest BCUT2D eigenvalue weighted by molar-refractivity contribution is 7.77. The lowest BCUT2D eigenvalue weighted by atomic mass is 10.0. The summed E-state index contributed by atoms with van der Waals surface area (Å²) in [7, 11) is 0. The molecule has 0 nitrogen and oxygen atoms in total. The molecule has 0 aliphatic heterocycles. The Hall–Kier alpha value is 0.0500. The van der Waals surface area contributed by atoms with Gasteiger partial charge in [-0.3, -0.25) is 0 Å². The van der Waals surface area contributed by atoms with Crippen LogP contribution in [-0.4, -0.2) is 12.0 Å². The van der Waals surface area contributed by atoms with E-state index in [0.717, 1.165) is 0 Å². The molecule has 0 radical (unpaired) electrons. The van der Waals surface area contributed by atoms with Crippen LogP contribution in [0.3, 0.4) is 0 Å². The zero-order valence-electron chi connectivity index (χ0n) is 14.4. The number of unbranched alkanes of at least 4 members (excludes halogenated alkanes) is 10. The first kappa shape index (κ1) is 22.1. The van der Waals surface area contributed by atoms with Crippen molar-refractivity contribution in [3.05, 3.63) is 35.9 Å². The standard InChI is InChI=1S/C20H34S.BrH/c1-21-19-15-10-8-6-4-2-3-5-7-9-12-16-20-17-13-11-14-18-20;/h11,13-14,17-18H,2-10,12,15-16,19H2,1H3;1H. The fourth-order valence-corrected chi connectivity index (χ4v) is 3.37. The molecule has 0 N–H and O–H groups in total. The summed E-state index contributed by atoms with van der Waals surface area (Å²) < 4.78 is 0. The van der Waals surface area contributed by atoms with Crippen molar-refractivity contribution in [3.8, 4) is 0 Å². The summed E-state index contributed by atoms with van der Waals surface area (Å²) >= 11 is 1.57. The van der Waals surface area contributed by atoms with Gasteiger partial charge < -0.3 is 17.0 Å². The number of hydrogen-bond acceptors (Lipinski definition) is 0. The Bertz CT molecular complexity index is 313. The molecule has 1 rings (SSSR count). The Morgan fingerprint density at radius 1 is 0.636 bits per heavy atom. The molecule has 0 aliphatic rings. The van der Waals surface area contributed by atoms with Crippen molar-refractivity contribution < 1.29 is 17.0 Å². The van der Waals surface area contributed by atoms with Gasteiger partial charge in [0.2, 0.25) is 0 Å². The van der Waals surface area contributed by atoms with Gasteiger partial charge in [0.05, 0.1) is 6.26 Å². The maximum atomic E-state index is 2.26. The van der Waals surface area contributed by atoms with Crippen LogP contribution in [0.15, 0.2) is 30.3 Å². The van der Waals surface area contributed by atoms with Gasteiger partial charge in [-0.1, -0.05) is 81.7 Å². The molecule has 0 spiro atoms. The summed E-state index contributed by atoms with van der Waals surface area (Å²) in [5, 5.41) is 0. The predicted molar refractivity (Wildman–Crippen MR) is 100 cm³/mol. The highest BCUT2D eigenvalue weighted by Gasteiger charge is 1.95. The summed E-state index contributed by atoms with van der Waals surface area (Å²) in [5.41, 5.74) is 1.50. The monoisotopic (exact) mass is 386 g/mol. The van der Waals surface area contributed by atoms with Crippen molar-refractivity contribution >= 4 is 11.8 Å². The second-order valence-corrected chi connectivity index (χ2v) is 7.24. The first-order valence-electron chi connectivity index (χ1n) is 9.03. The van der Waals surface area contributed by atoms with E-state index in [9.17, 15) is 0 Å². The van der Waals surface area contributed by atoms with Crippen LogP contribution in [-0.2, 0) is 18.2 Å². The van der Waals surface area contributed by atoms with E-state index < -0.39 is 0 Å². The van der Waals surface area contributed by atoms with Crippen molar-refractivity contribution in [1.29, 1.82) is 0 Å². The van der Waals surface area contributed by atoms with Crippen LogP contribution in [0.4, 0.5) is 0 Å². The van der Waals surface area contributed by atoms with E-state index in [2.05, 4.69) is 36.6 Å². The maximum Gasteiger partial charge on any atom is 0.105 e. The van der Waals surface area contributed by atoms with Gasteiger partial charge in [0.25, 0.3) is 0 Å². The third-order valence-electron chi connectivity index (χ3n) is 4.19. The van der Waals surface area contributed by atoms with E-state index in [1.807, 2.05) is 0 Å². The van der Waals surface area contributed by atoms with E-state index in [-0.39, 0.29) is 17.0 Å². The number of thiol groups is 1. The SMILES string of the molecule is C[SH+]CCCCCCCCCCCCCc1ccccc1.[Br-]. The Labute approximate surface area is 153 Å². The Kier molecular flexibility index (Phi) is 17.4. The highest BCUT2D eigenvalue weighted by Crippen LogP contribution is 2.12. The molecule has 0 saturated heterocycles. The minimum absolute atomic E-state index is 0. The minimum atomic E-state index is 0. The number of halogens is 1. The topological polar surface area (TPSA) is 0 Å². The predicted octanol–water partition coefficient (Wildman–Crippen LogP) is 2.97. The molecule has 0 amide bonds. The highest BCUT2D eigenvalue weighted by atomic mass is 79.9. The fraction of sp³-hybridized carbons (Fsp3) is 0.700. The summed E-state index contributed by atoms with van der Waals surface area (Å²) in [6.45, 7) is 0. The van der Waals surface area contributed by atoms with Gasteiger partial charge in [0.15, 0.2) is 0 Å². The molecule has 0 aromatic heterocycles. The molecule has 1 aromatic carbocycles. The van der Waals surface area contributed by atoms with Gasteiger partial charge in [0, 0.05) is 0 Å². The largest absolute Gasteiger partial charge is 1.00 e. The number of hydrogen-bond donors (Lipinski definition) is 0. The zero-order chi connectivity index (χ0) is 15.0. The fourth-order valence-electron chi connectivity index (χ4n) is 2.83. The van der Waals surface area contributed by atoms with Gasteiger partial charge in [-0.2, -0.15) is 0 Å². The minimum Gasteiger partial charge on any atom is -1.00 e. The van der Waals surface area contributed by atoms with Crippen molar-refractivity contribution in [2.45, 2.75) is 77.0 Å². The van der Waals surface area contributed by atoms with E-state index in [1.54, 1.807) is 11.8 Å². The summed E-state index contributed by atoms with van der Waals surface area (Å²) in [4.78, 5) is 0. The average Bonchev–Trinajstić information content (AvgIpc) is 2.53. The lowest BCUT2D eigenvalue weighted by Gasteiger charge is -2.03. The Balaban J connectivity index is 0.00000441. The lowest BCUT2D eigenvalue weighted by Crippen LogP contribution is -3.00. The molecule has 2 heteroatoms. The molecule has 0 atom stereocenters. The molecule has 1 aromatic rings. The second-order valence-electron chi connectivity index (χ2n) is 6.16. The molecule has 128 valence electrons. The van der Waals surface area contributed by atoms with E-state index in [4.69, 9.17) is 0 Å². The van der Waals surface area contributed by atoms with Crippen LogP contribution in [0.25, 0.3) is 0 Å². The van der Waals surface area contributed by atoms with Crippen LogP contribution in [0.1, 0.15) is 76.2 Å². The van der Waals surface area contributed by atoms with Crippen molar-refractivity contribution in [3.63, 3.8) is 0 Å². The van der Waals surface area contributed by atoms with Gasteiger partial charge in [-0.05, 0) is 43.0 Å². The zero-order valence-corrected chi connectivity index (χ0v) is 16.9. The van der Waals surface area contributed by atoms with Gasteiger partial charge in [-0.25, -0.2) is 0 Å². The third kappa shape index (κ3) is 13.7. The molecule has 0 unspecified atom stereocenters. The molecule has 0 aliphatic carbocycles. The Morgan fingerprint density at radius 2 is 1.09 bits per heavy atom. The molecule has 0 heterocycles. The molecular formula is C20H35BrS. The van der Waals surface area contributed by atoms with Gasteiger partial charge in [-0.15, -0.1) is 0 Å². The van der Waals surface area contributed by atoms with Crippen LogP contribution >= 0.6 is 0 Å². The van der Waals surface area contributed by atoms with Crippen LogP contribution in [0, 0.1) is 0 Å². The molecule has 0 fully saturated rings. The van der Waals surface area contributed by atoms with Crippen LogP contribution in [0.2, 0.25) is 0 Å². The van der Waals surface area contributed by atoms with Crippen LogP contribution < -0.4 is 17.0 Å². The number of aryl methyl sites for hydroxylation is 1. The third-order valence-corrected chi connectivity index (χ3v) is 4.95. The summed E-state index contributed by atoms with van der Waals surface area (Å²) in [6, 6.07) is 10.9. The van der Waals surface area contributed by atoms with Crippen molar-refractivity contribution in [2.75, 3.05) is 12.0 Å². The molecule has 0 saturated carbocycles. The smallest absolute Gasteiger partial charge is 0.105 e.